The summed E-state index contributed by atoms with van der Waals surface area (Å²) >= 11 is 0. The van der Waals surface area contributed by atoms with Crippen molar-refractivity contribution in [2.24, 2.45) is 5.73 Å². The van der Waals surface area contributed by atoms with Crippen LogP contribution in [0.25, 0.3) is 0 Å². The molecule has 78 valence electrons. The van der Waals surface area contributed by atoms with Gasteiger partial charge in [-0.1, -0.05) is 13.3 Å². The van der Waals surface area contributed by atoms with Crippen LogP contribution < -0.4 is 10.5 Å². The maximum absolute atomic E-state index is 11.1. The van der Waals surface area contributed by atoms with E-state index in [1.54, 1.807) is 0 Å². The number of nitrogens with two attached hydrogens (primary N) is 1. The predicted molar refractivity (Wildman–Crippen MR) is 50.5 cm³/mol. The van der Waals surface area contributed by atoms with Crippen molar-refractivity contribution in [1.29, 1.82) is 0 Å². The minimum absolute atomic E-state index is 0.114. The van der Waals surface area contributed by atoms with Crippen molar-refractivity contribution in [2.75, 3.05) is 5.75 Å². The first-order valence-corrected chi connectivity index (χ1v) is 5.88. The molecule has 3 N–H and O–H groups in total. The molecule has 0 saturated carbocycles. The zero-order valence-corrected chi connectivity index (χ0v) is 8.73. The van der Waals surface area contributed by atoms with Gasteiger partial charge in [0.05, 0.1) is 11.8 Å². The van der Waals surface area contributed by atoms with E-state index in [0.717, 1.165) is 6.42 Å². The van der Waals surface area contributed by atoms with Gasteiger partial charge in [0.1, 0.15) is 0 Å². The molecule has 0 bridgehead atoms. The van der Waals surface area contributed by atoms with Crippen molar-refractivity contribution in [1.82, 2.24) is 4.72 Å². The summed E-state index contributed by atoms with van der Waals surface area (Å²) in [5.74, 6) is -0.735. The number of nitrogens with one attached hydrogen (secondary N) is 1. The monoisotopic (exact) mass is 208 g/mol. The highest BCUT2D eigenvalue weighted by molar-refractivity contribution is 7.90. The Kier molecular flexibility index (Phi) is 4.94. The third kappa shape index (κ3) is 4.84. The van der Waals surface area contributed by atoms with E-state index in [9.17, 15) is 13.2 Å². The Labute approximate surface area is 78.7 Å². The van der Waals surface area contributed by atoms with Crippen molar-refractivity contribution in [3.05, 3.63) is 0 Å². The molecule has 6 heteroatoms. The Hall–Kier alpha value is -0.620. The lowest BCUT2D eigenvalue weighted by molar-refractivity contribution is -0.120. The van der Waals surface area contributed by atoms with Gasteiger partial charge in [0.15, 0.2) is 0 Å². The lowest BCUT2D eigenvalue weighted by Gasteiger charge is -2.10. The van der Waals surface area contributed by atoms with Gasteiger partial charge in [-0.25, -0.2) is 8.42 Å². The molecule has 0 rings (SSSR count). The van der Waals surface area contributed by atoms with Crippen molar-refractivity contribution in [3.8, 4) is 0 Å². The highest BCUT2D eigenvalue weighted by atomic mass is 32.2. The van der Waals surface area contributed by atoms with Gasteiger partial charge >= 0.3 is 0 Å². The number of carbonyl (C=O) groups excluding carboxylic acids is 1. The zero-order valence-electron chi connectivity index (χ0n) is 7.91. The maximum Gasteiger partial charge on any atom is 0.250 e. The fourth-order valence-corrected chi connectivity index (χ4v) is 1.35. The standard InChI is InChI=1S/C7H16N2O3S/c1-3-5-6(8)7(10)9-13(11,12)4-2/h6H,3-5,8H2,1-2H3,(H,9,10). The summed E-state index contributed by atoms with van der Waals surface area (Å²) in [6.07, 6.45) is 1.24. The highest BCUT2D eigenvalue weighted by Gasteiger charge is 2.17. The topological polar surface area (TPSA) is 89.3 Å². The number of amides is 1. The number of sulfonamides is 1. The maximum atomic E-state index is 11.1. The van der Waals surface area contributed by atoms with Crippen LogP contribution in [0.15, 0.2) is 0 Å². The number of rotatable bonds is 5. The summed E-state index contributed by atoms with van der Waals surface area (Å²) in [7, 11) is -3.46. The second-order valence-electron chi connectivity index (χ2n) is 2.76. The molecule has 1 amide bonds. The molecule has 0 aromatic heterocycles. The van der Waals surface area contributed by atoms with E-state index in [1.165, 1.54) is 6.92 Å². The quantitative estimate of drug-likeness (QED) is 0.642. The van der Waals surface area contributed by atoms with Gasteiger partial charge in [0.25, 0.3) is 0 Å². The molecule has 1 atom stereocenters. The largest absolute Gasteiger partial charge is 0.320 e. The summed E-state index contributed by atoms with van der Waals surface area (Å²) in [5, 5.41) is 0. The summed E-state index contributed by atoms with van der Waals surface area (Å²) in [4.78, 5) is 11.1. The molecular formula is C7H16N2O3S. The molecule has 0 aliphatic rings. The molecule has 0 aromatic carbocycles. The van der Waals surface area contributed by atoms with Crippen LogP contribution in [-0.2, 0) is 14.8 Å². The van der Waals surface area contributed by atoms with Gasteiger partial charge in [0.2, 0.25) is 15.9 Å². The molecule has 13 heavy (non-hydrogen) atoms. The Morgan fingerprint density at radius 3 is 2.38 bits per heavy atom. The third-order valence-electron chi connectivity index (χ3n) is 1.57. The lowest BCUT2D eigenvalue weighted by atomic mass is 10.2. The molecule has 0 aromatic rings. The van der Waals surface area contributed by atoms with Crippen LogP contribution in [0.2, 0.25) is 0 Å². The van der Waals surface area contributed by atoms with Crippen LogP contribution in [0.1, 0.15) is 26.7 Å². The minimum atomic E-state index is -3.46. The molecule has 0 aliphatic carbocycles. The van der Waals surface area contributed by atoms with Gasteiger partial charge < -0.3 is 5.73 Å². The van der Waals surface area contributed by atoms with Crippen LogP contribution in [0.5, 0.6) is 0 Å². The molecule has 0 heterocycles. The predicted octanol–water partition coefficient (Wildman–Crippen LogP) is -0.420. The summed E-state index contributed by atoms with van der Waals surface area (Å²) < 4.78 is 23.8. The van der Waals surface area contributed by atoms with E-state index in [0.29, 0.717) is 6.42 Å². The van der Waals surface area contributed by atoms with Gasteiger partial charge in [-0.3, -0.25) is 9.52 Å². The smallest absolute Gasteiger partial charge is 0.250 e. The van der Waals surface area contributed by atoms with Gasteiger partial charge in [0, 0.05) is 0 Å². The van der Waals surface area contributed by atoms with Crippen LogP contribution >= 0.6 is 0 Å². The average molecular weight is 208 g/mol. The van der Waals surface area contributed by atoms with Crippen LogP contribution in [0.3, 0.4) is 0 Å². The Morgan fingerprint density at radius 1 is 1.46 bits per heavy atom. The molecule has 0 fully saturated rings. The Balaban J connectivity index is 4.16. The van der Waals surface area contributed by atoms with Gasteiger partial charge in [-0.2, -0.15) is 0 Å². The molecule has 5 nitrogen and oxygen atoms in total. The van der Waals surface area contributed by atoms with E-state index in [4.69, 9.17) is 5.73 Å². The van der Waals surface area contributed by atoms with E-state index < -0.39 is 22.0 Å². The normalized spacial score (nSPS) is 13.8. The first-order chi connectivity index (χ1) is 5.93. The molecule has 0 radical (unpaired) electrons. The van der Waals surface area contributed by atoms with Crippen LogP contribution in [-0.4, -0.2) is 26.1 Å². The van der Waals surface area contributed by atoms with Crippen LogP contribution in [0.4, 0.5) is 0 Å². The van der Waals surface area contributed by atoms with Crippen molar-refractivity contribution >= 4 is 15.9 Å². The summed E-state index contributed by atoms with van der Waals surface area (Å²) in [6, 6.07) is -0.730. The second-order valence-corrected chi connectivity index (χ2v) is 4.78. The van der Waals surface area contributed by atoms with E-state index in [1.807, 2.05) is 11.6 Å². The van der Waals surface area contributed by atoms with Crippen molar-refractivity contribution < 1.29 is 13.2 Å². The number of hydrogen-bond acceptors (Lipinski definition) is 4. The fraction of sp³-hybridized carbons (Fsp3) is 0.857. The summed E-state index contributed by atoms with van der Waals surface area (Å²) in [5.41, 5.74) is 5.41. The Bertz CT molecular complexity index is 261. The molecule has 0 saturated heterocycles. The minimum Gasteiger partial charge on any atom is -0.320 e. The van der Waals surface area contributed by atoms with E-state index in [-0.39, 0.29) is 5.75 Å². The number of hydrogen-bond donors (Lipinski definition) is 2. The van der Waals surface area contributed by atoms with Crippen molar-refractivity contribution in [2.45, 2.75) is 32.7 Å². The Morgan fingerprint density at radius 2 is 2.00 bits per heavy atom. The third-order valence-corrected chi connectivity index (χ3v) is 2.84. The van der Waals surface area contributed by atoms with Gasteiger partial charge in [-0.15, -0.1) is 0 Å². The van der Waals surface area contributed by atoms with Crippen LogP contribution in [0, 0.1) is 0 Å². The second kappa shape index (κ2) is 5.18. The molecule has 0 spiro atoms. The molecule has 0 aliphatic heterocycles. The first kappa shape index (κ1) is 12.4. The summed E-state index contributed by atoms with van der Waals surface area (Å²) in [6.45, 7) is 3.34. The van der Waals surface area contributed by atoms with Gasteiger partial charge in [-0.05, 0) is 13.3 Å². The van der Waals surface area contributed by atoms with Crippen molar-refractivity contribution in [3.63, 3.8) is 0 Å². The van der Waals surface area contributed by atoms with E-state index in [2.05, 4.69) is 0 Å². The zero-order chi connectivity index (χ0) is 10.5. The number of carbonyl (C=O) groups is 1. The molecule has 1 unspecified atom stereocenters. The average Bonchev–Trinajstić information content (AvgIpc) is 2.04. The highest BCUT2D eigenvalue weighted by Crippen LogP contribution is 1.94. The SMILES string of the molecule is CCCC(N)C(=O)NS(=O)(=O)CC. The lowest BCUT2D eigenvalue weighted by Crippen LogP contribution is -2.43. The fourth-order valence-electron chi connectivity index (χ4n) is 0.743. The molecular weight excluding hydrogens is 192 g/mol. The van der Waals surface area contributed by atoms with E-state index >= 15 is 0 Å². The first-order valence-electron chi connectivity index (χ1n) is 4.22.